The summed E-state index contributed by atoms with van der Waals surface area (Å²) >= 11 is 0. The predicted molar refractivity (Wildman–Crippen MR) is 127 cm³/mol. The Balaban J connectivity index is 5.42. The average molecular weight is 457 g/mol. The smallest absolute Gasteiger partial charge is 0.362 e. The van der Waals surface area contributed by atoms with Gasteiger partial charge in [-0.2, -0.15) is 0 Å². The largest absolute Gasteiger partial charge is 0.477 e. The molecule has 0 aliphatic heterocycles. The molecule has 0 aliphatic carbocycles. The zero-order valence-electron chi connectivity index (χ0n) is 20.6. The van der Waals surface area contributed by atoms with Crippen molar-refractivity contribution in [1.29, 1.82) is 0 Å². The summed E-state index contributed by atoms with van der Waals surface area (Å²) in [7, 11) is 0. The van der Waals surface area contributed by atoms with Crippen LogP contribution in [0.5, 0.6) is 0 Å². The minimum atomic E-state index is -1.13. The molecule has 0 spiro atoms. The number of carboxylic acid groups (broad SMARTS) is 3. The molecular weight excluding hydrogens is 410 g/mol. The number of allylic oxidation sites excluding steroid dienone is 2. The van der Waals surface area contributed by atoms with Crippen LogP contribution in [0.25, 0.3) is 0 Å². The van der Waals surface area contributed by atoms with E-state index in [1.807, 2.05) is 0 Å². The van der Waals surface area contributed by atoms with Crippen LogP contribution in [0.15, 0.2) is 12.2 Å². The Morgan fingerprint density at radius 1 is 0.625 bits per heavy atom. The minimum Gasteiger partial charge on any atom is -0.477 e. The van der Waals surface area contributed by atoms with Gasteiger partial charge >= 0.3 is 17.9 Å². The van der Waals surface area contributed by atoms with E-state index >= 15 is 0 Å². The Morgan fingerprint density at radius 3 is 1.34 bits per heavy atom. The first-order chi connectivity index (χ1) is 15.2. The molecule has 0 aromatic heterocycles. The standard InChI is InChI=1S/C25H45NO6/c1-5-9-10-11-12-13-14-15-16-17-18-19-26(20(6-2)23(27)28,21(7-3)24(29)30)22(8-4)25(31)32/h14-15,20-22H,5-13,16-19H2,1-4H3,(H2-,27,28,29,30,31,32)/p+1/b15-14+. The van der Waals surface area contributed by atoms with Crippen molar-refractivity contribution in [1.82, 2.24) is 0 Å². The van der Waals surface area contributed by atoms with Gasteiger partial charge in [0.05, 0.1) is 6.54 Å². The molecule has 7 nitrogen and oxygen atoms in total. The van der Waals surface area contributed by atoms with Gasteiger partial charge in [0.25, 0.3) is 0 Å². The van der Waals surface area contributed by atoms with Crippen molar-refractivity contribution >= 4 is 17.9 Å². The number of carboxylic acids is 3. The molecule has 0 amide bonds. The lowest BCUT2D eigenvalue weighted by molar-refractivity contribution is -0.973. The second kappa shape index (κ2) is 16.7. The van der Waals surface area contributed by atoms with E-state index < -0.39 is 40.5 Å². The normalized spacial score (nSPS) is 16.4. The molecule has 0 saturated carbocycles. The molecule has 186 valence electrons. The molecule has 7 heteroatoms. The van der Waals surface area contributed by atoms with Gasteiger partial charge in [-0.05, 0) is 32.1 Å². The number of hydrogen-bond acceptors (Lipinski definition) is 3. The van der Waals surface area contributed by atoms with E-state index in [-0.39, 0.29) is 25.8 Å². The molecule has 0 aromatic carbocycles. The number of nitrogens with zero attached hydrogens (tertiary/aromatic N) is 1. The van der Waals surface area contributed by atoms with Crippen LogP contribution in [-0.4, -0.2) is 62.4 Å². The number of unbranched alkanes of at least 4 members (excludes halogenated alkanes) is 7. The van der Waals surface area contributed by atoms with Gasteiger partial charge < -0.3 is 15.3 Å². The van der Waals surface area contributed by atoms with Crippen molar-refractivity contribution in [3.05, 3.63) is 12.2 Å². The zero-order valence-corrected chi connectivity index (χ0v) is 20.6. The maximum Gasteiger partial charge on any atom is 0.362 e. The van der Waals surface area contributed by atoms with Crippen molar-refractivity contribution in [2.45, 2.75) is 123 Å². The van der Waals surface area contributed by atoms with Crippen LogP contribution >= 0.6 is 0 Å². The molecule has 0 rings (SSSR count). The Kier molecular flexibility index (Phi) is 15.7. The first-order valence-electron chi connectivity index (χ1n) is 12.4. The molecule has 3 atom stereocenters. The fourth-order valence-electron chi connectivity index (χ4n) is 5.03. The summed E-state index contributed by atoms with van der Waals surface area (Å²) in [5.41, 5.74) is 0. The molecule has 0 aromatic rings. The van der Waals surface area contributed by atoms with E-state index in [0.29, 0.717) is 6.42 Å². The van der Waals surface area contributed by atoms with Gasteiger partial charge in [-0.1, -0.05) is 65.5 Å². The summed E-state index contributed by atoms with van der Waals surface area (Å²) in [6.07, 6.45) is 14.3. The van der Waals surface area contributed by atoms with Crippen LogP contribution in [0.2, 0.25) is 0 Å². The quantitative estimate of drug-likeness (QED) is 0.127. The van der Waals surface area contributed by atoms with Gasteiger partial charge in [-0.25, -0.2) is 14.4 Å². The molecule has 3 unspecified atom stereocenters. The highest BCUT2D eigenvalue weighted by molar-refractivity contribution is 5.78. The number of carbonyl (C=O) groups is 3. The lowest BCUT2D eigenvalue weighted by atomic mass is 9.94. The van der Waals surface area contributed by atoms with Crippen molar-refractivity contribution in [2.24, 2.45) is 0 Å². The van der Waals surface area contributed by atoms with E-state index in [1.165, 1.54) is 32.1 Å². The lowest BCUT2D eigenvalue weighted by Crippen LogP contribution is -2.72. The van der Waals surface area contributed by atoms with E-state index in [4.69, 9.17) is 0 Å². The van der Waals surface area contributed by atoms with Gasteiger partial charge in [-0.3, -0.25) is 4.48 Å². The average Bonchev–Trinajstić information content (AvgIpc) is 2.72. The van der Waals surface area contributed by atoms with E-state index in [2.05, 4.69) is 19.1 Å². The van der Waals surface area contributed by atoms with Crippen LogP contribution in [0.4, 0.5) is 0 Å². The summed E-state index contributed by atoms with van der Waals surface area (Å²) < 4.78 is -0.426. The highest BCUT2D eigenvalue weighted by Gasteiger charge is 2.55. The molecule has 0 heterocycles. The van der Waals surface area contributed by atoms with E-state index in [0.717, 1.165) is 19.3 Å². The Bertz CT molecular complexity index is 534. The first kappa shape index (κ1) is 30.1. The highest BCUT2D eigenvalue weighted by Crippen LogP contribution is 2.32. The topological polar surface area (TPSA) is 112 Å². The Hall–Kier alpha value is -1.89. The fourth-order valence-corrected chi connectivity index (χ4v) is 5.03. The molecule has 0 saturated heterocycles. The Morgan fingerprint density at radius 2 is 1.00 bits per heavy atom. The van der Waals surface area contributed by atoms with Crippen molar-refractivity contribution in [2.75, 3.05) is 6.54 Å². The maximum atomic E-state index is 12.2. The van der Waals surface area contributed by atoms with Gasteiger partial charge in [-0.15, -0.1) is 0 Å². The summed E-state index contributed by atoms with van der Waals surface area (Å²) in [6.45, 7) is 7.50. The number of hydrogen-bond donors (Lipinski definition) is 3. The van der Waals surface area contributed by atoms with Gasteiger partial charge in [0.1, 0.15) is 0 Å². The maximum absolute atomic E-state index is 12.2. The third kappa shape index (κ3) is 8.93. The minimum absolute atomic E-state index is 0.181. The van der Waals surface area contributed by atoms with Crippen LogP contribution in [0.3, 0.4) is 0 Å². The van der Waals surface area contributed by atoms with Crippen LogP contribution in [0, 0.1) is 0 Å². The zero-order chi connectivity index (χ0) is 24.6. The van der Waals surface area contributed by atoms with Crippen LogP contribution < -0.4 is 0 Å². The third-order valence-electron chi connectivity index (χ3n) is 6.56. The number of aliphatic carboxylic acids is 3. The molecular formula is C25H46NO6+. The van der Waals surface area contributed by atoms with Gasteiger partial charge in [0.15, 0.2) is 18.1 Å². The number of quaternary nitrogens is 1. The SMILES string of the molecule is CCCCCCC/C=C/CCCC[N+](C(CC)C(=O)O)(C(CC)C(=O)O)C(CC)C(=O)O. The van der Waals surface area contributed by atoms with Gasteiger partial charge in [0, 0.05) is 19.3 Å². The van der Waals surface area contributed by atoms with Crippen molar-refractivity contribution in [3.8, 4) is 0 Å². The molecule has 32 heavy (non-hydrogen) atoms. The highest BCUT2D eigenvalue weighted by atomic mass is 16.4. The summed E-state index contributed by atoms with van der Waals surface area (Å²) in [5, 5.41) is 29.8. The molecule has 0 bridgehead atoms. The summed E-state index contributed by atoms with van der Waals surface area (Å²) in [4.78, 5) is 36.5. The molecule has 3 N–H and O–H groups in total. The second-order valence-electron chi connectivity index (χ2n) is 8.68. The first-order valence-corrected chi connectivity index (χ1v) is 12.4. The van der Waals surface area contributed by atoms with Crippen LogP contribution in [0.1, 0.15) is 105 Å². The Labute approximate surface area is 194 Å². The molecule has 0 aliphatic rings. The lowest BCUT2D eigenvalue weighted by Gasteiger charge is -2.49. The molecule has 0 radical (unpaired) electrons. The van der Waals surface area contributed by atoms with Crippen molar-refractivity contribution < 1.29 is 34.2 Å². The van der Waals surface area contributed by atoms with Gasteiger partial charge in [0.2, 0.25) is 0 Å². The number of rotatable bonds is 20. The van der Waals surface area contributed by atoms with Crippen LogP contribution in [-0.2, 0) is 14.4 Å². The summed E-state index contributed by atoms with van der Waals surface area (Å²) in [6, 6.07) is -3.22. The second-order valence-corrected chi connectivity index (χ2v) is 8.68. The van der Waals surface area contributed by atoms with Crippen molar-refractivity contribution in [3.63, 3.8) is 0 Å². The fraction of sp³-hybridized carbons (Fsp3) is 0.800. The monoisotopic (exact) mass is 456 g/mol. The van der Waals surface area contributed by atoms with E-state index in [1.54, 1.807) is 20.8 Å². The predicted octanol–water partition coefficient (Wildman–Crippen LogP) is 5.48. The van der Waals surface area contributed by atoms with E-state index in [9.17, 15) is 29.7 Å². The summed E-state index contributed by atoms with van der Waals surface area (Å²) in [5.74, 6) is -3.39. The molecule has 0 fully saturated rings. The third-order valence-corrected chi connectivity index (χ3v) is 6.56.